The molecule has 7 nitrogen and oxygen atoms in total. The molecule has 1 aromatic heterocycles. The van der Waals surface area contributed by atoms with Crippen molar-refractivity contribution in [3.63, 3.8) is 0 Å². The summed E-state index contributed by atoms with van der Waals surface area (Å²) in [7, 11) is 1.64. The lowest BCUT2D eigenvalue weighted by atomic mass is 10.1. The molecule has 1 N–H and O–H groups in total. The SMILES string of the molecule is CNc1ncc([N+](=O)[O-])cc1C(=O)N1CCCCC1. The zero-order valence-corrected chi connectivity index (χ0v) is 10.8. The van der Waals surface area contributed by atoms with Crippen LogP contribution in [0, 0.1) is 10.1 Å². The zero-order valence-electron chi connectivity index (χ0n) is 10.8. The smallest absolute Gasteiger partial charge is 0.288 e. The van der Waals surface area contributed by atoms with Crippen molar-refractivity contribution >= 4 is 17.4 Å². The highest BCUT2D eigenvalue weighted by molar-refractivity contribution is 5.99. The first-order chi connectivity index (χ1) is 9.13. The first kappa shape index (κ1) is 13.3. The highest BCUT2D eigenvalue weighted by Gasteiger charge is 2.23. The molecule has 0 atom stereocenters. The van der Waals surface area contributed by atoms with Crippen LogP contribution in [0.2, 0.25) is 0 Å². The van der Waals surface area contributed by atoms with Crippen molar-refractivity contribution in [1.29, 1.82) is 0 Å². The van der Waals surface area contributed by atoms with E-state index in [1.807, 2.05) is 0 Å². The maximum atomic E-state index is 12.4. The van der Waals surface area contributed by atoms with E-state index in [1.54, 1.807) is 11.9 Å². The highest BCUT2D eigenvalue weighted by atomic mass is 16.6. The molecule has 0 radical (unpaired) electrons. The summed E-state index contributed by atoms with van der Waals surface area (Å²) in [5.41, 5.74) is 0.0953. The Morgan fingerprint density at radius 1 is 1.42 bits per heavy atom. The van der Waals surface area contributed by atoms with Gasteiger partial charge in [0.15, 0.2) is 0 Å². The van der Waals surface area contributed by atoms with Gasteiger partial charge in [0.2, 0.25) is 0 Å². The highest BCUT2D eigenvalue weighted by Crippen LogP contribution is 2.22. The molecule has 0 bridgehead atoms. The molecule has 19 heavy (non-hydrogen) atoms. The van der Waals surface area contributed by atoms with Crippen LogP contribution in [-0.4, -0.2) is 40.9 Å². The molecule has 102 valence electrons. The van der Waals surface area contributed by atoms with Crippen LogP contribution in [0.15, 0.2) is 12.3 Å². The zero-order chi connectivity index (χ0) is 13.8. The van der Waals surface area contributed by atoms with Gasteiger partial charge in [0.25, 0.3) is 11.6 Å². The second kappa shape index (κ2) is 5.64. The number of carbonyl (C=O) groups is 1. The van der Waals surface area contributed by atoms with E-state index in [-0.39, 0.29) is 17.2 Å². The van der Waals surface area contributed by atoms with Crippen LogP contribution in [0.1, 0.15) is 29.6 Å². The maximum absolute atomic E-state index is 12.4. The van der Waals surface area contributed by atoms with Gasteiger partial charge in [0.1, 0.15) is 12.0 Å². The quantitative estimate of drug-likeness (QED) is 0.662. The Morgan fingerprint density at radius 3 is 2.68 bits per heavy atom. The normalized spacial score (nSPS) is 15.1. The van der Waals surface area contributed by atoms with Gasteiger partial charge in [0, 0.05) is 26.2 Å². The number of likely N-dealkylation sites (tertiary alicyclic amines) is 1. The molecule has 1 aliphatic rings. The molecular formula is C12H16N4O3. The van der Waals surface area contributed by atoms with Gasteiger partial charge < -0.3 is 10.2 Å². The summed E-state index contributed by atoms with van der Waals surface area (Å²) in [5, 5.41) is 13.6. The maximum Gasteiger partial charge on any atom is 0.288 e. The molecule has 2 rings (SSSR count). The standard InChI is InChI=1S/C12H16N4O3/c1-13-11-10(7-9(8-14-11)16(18)19)12(17)15-5-3-2-4-6-15/h7-8H,2-6H2,1H3,(H,13,14). The van der Waals surface area contributed by atoms with Crippen LogP contribution in [-0.2, 0) is 0 Å². The summed E-state index contributed by atoms with van der Waals surface area (Å²) < 4.78 is 0. The molecule has 0 saturated carbocycles. The summed E-state index contributed by atoms with van der Waals surface area (Å²) in [6.45, 7) is 1.40. The Balaban J connectivity index is 2.32. The van der Waals surface area contributed by atoms with Crippen molar-refractivity contribution in [1.82, 2.24) is 9.88 Å². The number of aromatic nitrogens is 1. The summed E-state index contributed by atoms with van der Waals surface area (Å²) >= 11 is 0. The van der Waals surface area contributed by atoms with E-state index in [0.29, 0.717) is 18.9 Å². The molecule has 2 heterocycles. The Bertz CT molecular complexity index is 498. The van der Waals surface area contributed by atoms with Crippen molar-refractivity contribution < 1.29 is 9.72 Å². The minimum absolute atomic E-state index is 0.167. The van der Waals surface area contributed by atoms with Crippen molar-refractivity contribution in [2.75, 3.05) is 25.5 Å². The van der Waals surface area contributed by atoms with Crippen LogP contribution in [0.5, 0.6) is 0 Å². The fourth-order valence-corrected chi connectivity index (χ4v) is 2.18. The predicted molar refractivity (Wildman–Crippen MR) is 70.2 cm³/mol. The molecule has 0 aliphatic carbocycles. The molecule has 1 fully saturated rings. The van der Waals surface area contributed by atoms with Gasteiger partial charge in [-0.1, -0.05) is 0 Å². The summed E-state index contributed by atoms with van der Waals surface area (Å²) in [5.74, 6) is 0.182. The van der Waals surface area contributed by atoms with Gasteiger partial charge in [-0.3, -0.25) is 14.9 Å². The van der Waals surface area contributed by atoms with Crippen LogP contribution >= 0.6 is 0 Å². The summed E-state index contributed by atoms with van der Waals surface area (Å²) in [4.78, 5) is 28.3. The van der Waals surface area contributed by atoms with Crippen molar-refractivity contribution in [3.8, 4) is 0 Å². The van der Waals surface area contributed by atoms with Crippen LogP contribution in [0.4, 0.5) is 11.5 Å². The summed E-state index contributed by atoms with van der Waals surface area (Å²) in [6, 6.07) is 1.29. The monoisotopic (exact) mass is 264 g/mol. The topological polar surface area (TPSA) is 88.4 Å². The number of anilines is 1. The third kappa shape index (κ3) is 2.81. The molecule has 1 aromatic rings. The Labute approximate surface area is 110 Å². The van der Waals surface area contributed by atoms with Gasteiger partial charge in [0.05, 0.1) is 10.5 Å². The van der Waals surface area contributed by atoms with Gasteiger partial charge in [-0.2, -0.15) is 0 Å². The number of nitrogens with zero attached hydrogens (tertiary/aromatic N) is 3. The lowest BCUT2D eigenvalue weighted by Gasteiger charge is -2.27. The third-order valence-corrected chi connectivity index (χ3v) is 3.19. The van der Waals surface area contributed by atoms with E-state index in [4.69, 9.17) is 0 Å². The molecule has 0 spiro atoms. The first-order valence-corrected chi connectivity index (χ1v) is 6.25. The molecular weight excluding hydrogens is 248 g/mol. The van der Waals surface area contributed by atoms with Crippen LogP contribution in [0.3, 0.4) is 0 Å². The molecule has 1 amide bonds. The number of rotatable bonds is 3. The number of hydrogen-bond donors (Lipinski definition) is 1. The first-order valence-electron chi connectivity index (χ1n) is 6.25. The largest absolute Gasteiger partial charge is 0.372 e. The average Bonchev–Trinajstić information content (AvgIpc) is 2.46. The molecule has 1 saturated heterocycles. The van der Waals surface area contributed by atoms with E-state index >= 15 is 0 Å². The minimum Gasteiger partial charge on any atom is -0.372 e. The van der Waals surface area contributed by atoms with Gasteiger partial charge >= 0.3 is 0 Å². The van der Waals surface area contributed by atoms with Gasteiger partial charge in [-0.25, -0.2) is 4.98 Å². The molecule has 7 heteroatoms. The number of pyridine rings is 1. The third-order valence-electron chi connectivity index (χ3n) is 3.19. The number of carbonyl (C=O) groups excluding carboxylic acids is 1. The van der Waals surface area contributed by atoms with E-state index in [9.17, 15) is 14.9 Å². The van der Waals surface area contributed by atoms with Crippen LogP contribution in [0.25, 0.3) is 0 Å². The minimum atomic E-state index is -0.542. The summed E-state index contributed by atoms with van der Waals surface area (Å²) in [6.07, 6.45) is 4.22. The second-order valence-corrected chi connectivity index (χ2v) is 4.45. The van der Waals surface area contributed by atoms with Crippen molar-refractivity contribution in [2.24, 2.45) is 0 Å². The van der Waals surface area contributed by atoms with E-state index in [2.05, 4.69) is 10.3 Å². The second-order valence-electron chi connectivity index (χ2n) is 4.45. The van der Waals surface area contributed by atoms with Gasteiger partial charge in [-0.15, -0.1) is 0 Å². The number of piperidine rings is 1. The lowest BCUT2D eigenvalue weighted by molar-refractivity contribution is -0.385. The number of nitro groups is 1. The fourth-order valence-electron chi connectivity index (χ4n) is 2.18. The average molecular weight is 264 g/mol. The number of hydrogen-bond acceptors (Lipinski definition) is 5. The fraction of sp³-hybridized carbons (Fsp3) is 0.500. The molecule has 0 unspecified atom stereocenters. The van der Waals surface area contributed by atoms with E-state index < -0.39 is 4.92 Å². The Morgan fingerprint density at radius 2 is 2.11 bits per heavy atom. The number of amides is 1. The Hall–Kier alpha value is -2.18. The van der Waals surface area contributed by atoms with Crippen LogP contribution < -0.4 is 5.32 Å². The van der Waals surface area contributed by atoms with Crippen molar-refractivity contribution in [2.45, 2.75) is 19.3 Å². The van der Waals surface area contributed by atoms with E-state index in [1.165, 1.54) is 6.07 Å². The molecule has 1 aliphatic heterocycles. The predicted octanol–water partition coefficient (Wildman–Crippen LogP) is 1.66. The van der Waals surface area contributed by atoms with Gasteiger partial charge in [-0.05, 0) is 19.3 Å². The molecule has 0 aromatic carbocycles. The number of nitrogens with one attached hydrogen (secondary N) is 1. The van der Waals surface area contributed by atoms with Crippen molar-refractivity contribution in [3.05, 3.63) is 27.9 Å². The Kier molecular flexibility index (Phi) is 3.94. The van der Waals surface area contributed by atoms with E-state index in [0.717, 1.165) is 25.5 Å². The lowest BCUT2D eigenvalue weighted by Crippen LogP contribution is -2.36.